The molecule has 35 heavy (non-hydrogen) atoms. The molecular formula is C31H38N2O2. The van der Waals surface area contributed by atoms with Gasteiger partial charge >= 0.3 is 0 Å². The summed E-state index contributed by atoms with van der Waals surface area (Å²) in [5.41, 5.74) is 5.64. The largest absolute Gasteiger partial charge is 0.355 e. The van der Waals surface area contributed by atoms with E-state index in [-0.39, 0.29) is 11.8 Å². The Morgan fingerprint density at radius 2 is 1.51 bits per heavy atom. The van der Waals surface area contributed by atoms with E-state index in [9.17, 15) is 9.59 Å². The molecule has 0 saturated heterocycles. The van der Waals surface area contributed by atoms with E-state index in [0.29, 0.717) is 38.3 Å². The van der Waals surface area contributed by atoms with Crippen LogP contribution in [-0.2, 0) is 29.0 Å². The van der Waals surface area contributed by atoms with E-state index in [4.69, 9.17) is 0 Å². The third-order valence-electron chi connectivity index (χ3n) is 6.50. The van der Waals surface area contributed by atoms with Crippen molar-refractivity contribution in [3.63, 3.8) is 0 Å². The van der Waals surface area contributed by atoms with Gasteiger partial charge in [-0.15, -0.1) is 0 Å². The van der Waals surface area contributed by atoms with Gasteiger partial charge in [0.2, 0.25) is 11.8 Å². The maximum Gasteiger partial charge on any atom is 0.243 e. The van der Waals surface area contributed by atoms with Crippen molar-refractivity contribution in [3.05, 3.63) is 107 Å². The highest BCUT2D eigenvalue weighted by atomic mass is 16.2. The smallest absolute Gasteiger partial charge is 0.243 e. The lowest BCUT2D eigenvalue weighted by Crippen LogP contribution is -2.50. The van der Waals surface area contributed by atoms with Crippen LogP contribution in [0.2, 0.25) is 0 Å². The quantitative estimate of drug-likeness (QED) is 0.383. The first-order chi connectivity index (χ1) is 16.9. The van der Waals surface area contributed by atoms with E-state index in [1.807, 2.05) is 68.4 Å². The summed E-state index contributed by atoms with van der Waals surface area (Å²) < 4.78 is 0. The van der Waals surface area contributed by atoms with Crippen molar-refractivity contribution in [2.24, 2.45) is 0 Å². The van der Waals surface area contributed by atoms with E-state index < -0.39 is 6.04 Å². The van der Waals surface area contributed by atoms with E-state index in [2.05, 4.69) is 43.4 Å². The minimum absolute atomic E-state index is 0.00614. The van der Waals surface area contributed by atoms with Crippen molar-refractivity contribution < 1.29 is 9.59 Å². The molecule has 4 heteroatoms. The number of benzene rings is 3. The molecule has 3 rings (SSSR count). The zero-order chi connectivity index (χ0) is 25.2. The number of nitrogens with zero attached hydrogens (tertiary/aromatic N) is 1. The van der Waals surface area contributed by atoms with Crippen molar-refractivity contribution in [2.75, 3.05) is 6.54 Å². The molecule has 1 atom stereocenters. The molecule has 0 aliphatic carbocycles. The lowest BCUT2D eigenvalue weighted by Gasteiger charge is -2.32. The van der Waals surface area contributed by atoms with Crippen molar-refractivity contribution in [3.8, 4) is 0 Å². The van der Waals surface area contributed by atoms with Crippen LogP contribution in [0.1, 0.15) is 60.9 Å². The number of likely N-dealkylation sites (N-methyl/N-ethyl adjacent to an activating group) is 1. The number of nitrogens with one attached hydrogen (secondary N) is 1. The number of aryl methyl sites for hydroxylation is 2. The molecule has 0 bridgehead atoms. The second kappa shape index (κ2) is 12.9. The topological polar surface area (TPSA) is 49.4 Å². The molecule has 3 aromatic rings. The van der Waals surface area contributed by atoms with Gasteiger partial charge in [0.25, 0.3) is 0 Å². The molecule has 0 saturated carbocycles. The maximum absolute atomic E-state index is 13.7. The van der Waals surface area contributed by atoms with Crippen molar-refractivity contribution in [1.82, 2.24) is 10.2 Å². The standard InChI is InChI=1S/C31H38N2O2/c1-5-32-31(35)29(21-26-12-7-6-8-13-26)33(22-28-14-10-9-11-24(28)4)30(34)20-17-25-15-18-27(19-16-25)23(2)3/h6-16,18-19,23,29H,5,17,20-22H2,1-4H3,(H,32,35). The van der Waals surface area contributed by atoms with Crippen LogP contribution >= 0.6 is 0 Å². The fraction of sp³-hybridized carbons (Fsp3) is 0.355. The SMILES string of the molecule is CCNC(=O)C(Cc1ccccc1)N(Cc1ccccc1C)C(=O)CCc1ccc(C(C)C)cc1. The Balaban J connectivity index is 1.87. The van der Waals surface area contributed by atoms with E-state index in [1.165, 1.54) is 5.56 Å². The monoisotopic (exact) mass is 470 g/mol. The minimum atomic E-state index is -0.576. The van der Waals surface area contributed by atoms with E-state index in [1.54, 1.807) is 4.90 Å². The Labute approximate surface area is 210 Å². The van der Waals surface area contributed by atoms with Crippen molar-refractivity contribution in [2.45, 2.75) is 65.5 Å². The summed E-state index contributed by atoms with van der Waals surface area (Å²) in [5.74, 6) is 0.360. The van der Waals surface area contributed by atoms with Gasteiger partial charge in [0.15, 0.2) is 0 Å². The molecule has 0 fully saturated rings. The number of hydrogen-bond donors (Lipinski definition) is 1. The van der Waals surface area contributed by atoms with Crippen LogP contribution in [0.15, 0.2) is 78.9 Å². The summed E-state index contributed by atoms with van der Waals surface area (Å²) in [4.78, 5) is 28.7. The lowest BCUT2D eigenvalue weighted by atomic mass is 9.99. The van der Waals surface area contributed by atoms with Crippen LogP contribution in [0.4, 0.5) is 0 Å². The van der Waals surface area contributed by atoms with Crippen LogP contribution in [0.3, 0.4) is 0 Å². The highest BCUT2D eigenvalue weighted by Crippen LogP contribution is 2.20. The first-order valence-corrected chi connectivity index (χ1v) is 12.6. The number of hydrogen-bond acceptors (Lipinski definition) is 2. The summed E-state index contributed by atoms with van der Waals surface area (Å²) in [5, 5.41) is 2.96. The number of carbonyl (C=O) groups excluding carboxylic acids is 2. The molecule has 2 amide bonds. The molecule has 0 heterocycles. The Kier molecular flexibility index (Phi) is 9.66. The first kappa shape index (κ1) is 26.2. The van der Waals surface area contributed by atoms with E-state index >= 15 is 0 Å². The zero-order valence-corrected chi connectivity index (χ0v) is 21.5. The molecule has 184 valence electrons. The molecule has 4 nitrogen and oxygen atoms in total. The summed E-state index contributed by atoms with van der Waals surface area (Å²) in [6.07, 6.45) is 1.49. The van der Waals surface area contributed by atoms with Gasteiger partial charge in [0.05, 0.1) is 0 Å². The van der Waals surface area contributed by atoms with Crippen LogP contribution in [0.5, 0.6) is 0 Å². The second-order valence-corrected chi connectivity index (χ2v) is 9.44. The van der Waals surface area contributed by atoms with Gasteiger partial charge in [0, 0.05) is 25.9 Å². The fourth-order valence-electron chi connectivity index (χ4n) is 4.28. The van der Waals surface area contributed by atoms with Gasteiger partial charge in [-0.3, -0.25) is 9.59 Å². The summed E-state index contributed by atoms with van der Waals surface area (Å²) in [6.45, 7) is 9.25. The van der Waals surface area contributed by atoms with E-state index in [0.717, 1.165) is 22.3 Å². The predicted octanol–water partition coefficient (Wildman–Crippen LogP) is 5.83. The first-order valence-electron chi connectivity index (χ1n) is 12.6. The third kappa shape index (κ3) is 7.54. The number of amides is 2. The van der Waals surface area contributed by atoms with Crippen molar-refractivity contribution >= 4 is 11.8 Å². The molecule has 0 radical (unpaired) electrons. The Morgan fingerprint density at radius 1 is 0.857 bits per heavy atom. The highest BCUT2D eigenvalue weighted by molar-refractivity contribution is 5.88. The Morgan fingerprint density at radius 3 is 2.14 bits per heavy atom. The molecule has 3 aromatic carbocycles. The maximum atomic E-state index is 13.7. The molecule has 0 aromatic heterocycles. The average Bonchev–Trinajstić information content (AvgIpc) is 2.86. The summed E-state index contributed by atoms with van der Waals surface area (Å²) in [6, 6.07) is 25.9. The molecule has 0 aliphatic rings. The number of rotatable bonds is 11. The van der Waals surface area contributed by atoms with Crippen molar-refractivity contribution in [1.29, 1.82) is 0 Å². The van der Waals surface area contributed by atoms with Crippen LogP contribution in [-0.4, -0.2) is 29.3 Å². The van der Waals surface area contributed by atoms with Crippen LogP contribution in [0, 0.1) is 6.92 Å². The third-order valence-corrected chi connectivity index (χ3v) is 6.50. The van der Waals surface area contributed by atoms with Gasteiger partial charge < -0.3 is 10.2 Å². The summed E-state index contributed by atoms with van der Waals surface area (Å²) >= 11 is 0. The molecule has 1 unspecified atom stereocenters. The Hall–Kier alpha value is -3.40. The molecule has 0 spiro atoms. The normalized spacial score (nSPS) is 11.8. The Bertz CT molecular complexity index is 1090. The zero-order valence-electron chi connectivity index (χ0n) is 21.5. The predicted molar refractivity (Wildman–Crippen MR) is 143 cm³/mol. The van der Waals surface area contributed by atoms with Gasteiger partial charge in [-0.05, 0) is 54.0 Å². The highest BCUT2D eigenvalue weighted by Gasteiger charge is 2.30. The molecular weight excluding hydrogens is 432 g/mol. The lowest BCUT2D eigenvalue weighted by molar-refractivity contribution is -0.141. The van der Waals surface area contributed by atoms with Crippen LogP contribution < -0.4 is 5.32 Å². The fourth-order valence-corrected chi connectivity index (χ4v) is 4.28. The second-order valence-electron chi connectivity index (χ2n) is 9.44. The van der Waals surface area contributed by atoms with Gasteiger partial charge in [-0.1, -0.05) is 92.7 Å². The average molecular weight is 471 g/mol. The molecule has 0 aliphatic heterocycles. The minimum Gasteiger partial charge on any atom is -0.355 e. The van der Waals surface area contributed by atoms with Gasteiger partial charge in [-0.25, -0.2) is 0 Å². The van der Waals surface area contributed by atoms with Gasteiger partial charge in [-0.2, -0.15) is 0 Å². The van der Waals surface area contributed by atoms with Gasteiger partial charge in [0.1, 0.15) is 6.04 Å². The number of carbonyl (C=O) groups is 2. The summed E-state index contributed by atoms with van der Waals surface area (Å²) in [7, 11) is 0. The molecule has 1 N–H and O–H groups in total. The van der Waals surface area contributed by atoms with Crippen LogP contribution in [0.25, 0.3) is 0 Å².